The Hall–Kier alpha value is -2.97. The number of thiophene rings is 1. The van der Waals surface area contributed by atoms with Crippen molar-refractivity contribution in [3.63, 3.8) is 0 Å². The molecule has 0 spiro atoms. The monoisotopic (exact) mass is 481 g/mol. The lowest BCUT2D eigenvalue weighted by atomic mass is 9.95. The molecule has 3 atom stereocenters. The van der Waals surface area contributed by atoms with Crippen LogP contribution in [0.3, 0.4) is 0 Å². The van der Waals surface area contributed by atoms with E-state index in [4.69, 9.17) is 0 Å². The summed E-state index contributed by atoms with van der Waals surface area (Å²) in [5.41, 5.74) is 2.74. The molecule has 0 saturated carbocycles. The van der Waals surface area contributed by atoms with Crippen LogP contribution in [-0.4, -0.2) is 26.2 Å². The first-order chi connectivity index (χ1) is 15.8. The number of rotatable bonds is 7. The van der Waals surface area contributed by atoms with E-state index in [2.05, 4.69) is 53.1 Å². The van der Waals surface area contributed by atoms with Crippen LogP contribution in [0.15, 0.2) is 75.9 Å². The Morgan fingerprint density at radius 1 is 1.03 bits per heavy atom. The van der Waals surface area contributed by atoms with E-state index >= 15 is 0 Å². The van der Waals surface area contributed by atoms with Crippen LogP contribution in [0.25, 0.3) is 0 Å². The highest BCUT2D eigenvalue weighted by Gasteiger charge is 2.31. The molecule has 1 aliphatic rings. The van der Waals surface area contributed by atoms with Gasteiger partial charge in [0.15, 0.2) is 0 Å². The zero-order chi connectivity index (χ0) is 23.6. The number of amides is 1. The second kappa shape index (κ2) is 9.49. The van der Waals surface area contributed by atoms with Gasteiger partial charge in [0.25, 0.3) is 10.0 Å². The average molecular weight is 482 g/mol. The van der Waals surface area contributed by atoms with E-state index < -0.39 is 16.1 Å². The molecule has 6 nitrogen and oxygen atoms in total. The topological polar surface area (TPSA) is 87.6 Å². The molecule has 2 aromatic carbocycles. The van der Waals surface area contributed by atoms with E-state index in [1.807, 2.05) is 17.5 Å². The second-order valence-corrected chi connectivity index (χ2v) is 10.8. The van der Waals surface area contributed by atoms with Gasteiger partial charge < -0.3 is 5.32 Å². The van der Waals surface area contributed by atoms with Crippen molar-refractivity contribution >= 4 is 33.1 Å². The van der Waals surface area contributed by atoms with Crippen LogP contribution in [-0.2, 0) is 14.8 Å². The van der Waals surface area contributed by atoms with Gasteiger partial charge in [0, 0.05) is 10.4 Å². The predicted molar refractivity (Wildman–Crippen MR) is 132 cm³/mol. The van der Waals surface area contributed by atoms with Gasteiger partial charge >= 0.3 is 0 Å². The normalized spacial score (nSPS) is 18.2. The highest BCUT2D eigenvalue weighted by atomic mass is 32.2. The van der Waals surface area contributed by atoms with Crippen LogP contribution in [0.1, 0.15) is 60.7 Å². The van der Waals surface area contributed by atoms with Crippen LogP contribution in [0.5, 0.6) is 0 Å². The van der Waals surface area contributed by atoms with Crippen molar-refractivity contribution in [2.75, 3.05) is 0 Å². The molecule has 0 radical (unpaired) electrons. The summed E-state index contributed by atoms with van der Waals surface area (Å²) in [4.78, 5) is 18.7. The molecule has 33 heavy (non-hydrogen) atoms. The molecule has 0 aliphatic carbocycles. The Morgan fingerprint density at radius 3 is 2.39 bits per heavy atom. The van der Waals surface area contributed by atoms with Crippen LogP contribution >= 0.6 is 11.3 Å². The fourth-order valence-electron chi connectivity index (χ4n) is 3.77. The van der Waals surface area contributed by atoms with Crippen LogP contribution in [0.2, 0.25) is 0 Å². The van der Waals surface area contributed by atoms with E-state index in [1.54, 1.807) is 36.5 Å². The number of benzene rings is 2. The number of hydrogen-bond acceptors (Lipinski definition) is 5. The molecule has 8 heteroatoms. The van der Waals surface area contributed by atoms with Gasteiger partial charge in [-0.2, -0.15) is 0 Å². The average Bonchev–Trinajstić information content (AvgIpc) is 3.44. The lowest BCUT2D eigenvalue weighted by Crippen LogP contribution is -2.36. The maximum Gasteiger partial charge on any atom is 0.263 e. The number of aliphatic imine (C=N–C) groups is 1. The number of nitrogens with one attached hydrogen (secondary N) is 2. The zero-order valence-electron chi connectivity index (χ0n) is 18.8. The molecule has 2 heterocycles. The van der Waals surface area contributed by atoms with Crippen molar-refractivity contribution in [1.29, 1.82) is 0 Å². The Kier molecular flexibility index (Phi) is 6.67. The molecule has 4 rings (SSSR count). The number of carbonyl (C=O) groups is 1. The quantitative estimate of drug-likeness (QED) is 0.517. The summed E-state index contributed by atoms with van der Waals surface area (Å²) >= 11 is 1.58. The Labute approximate surface area is 198 Å². The maximum absolute atomic E-state index is 13.1. The SMILES string of the molecule is CCC(C)c1ccc(C(NC(=O)[C@H](C)N=C2NS(=O)(=O)c3ccccc32)c2cccs2)cc1. The molecule has 1 aliphatic heterocycles. The summed E-state index contributed by atoms with van der Waals surface area (Å²) in [6, 6.07) is 17.8. The van der Waals surface area contributed by atoms with Gasteiger partial charge in [-0.25, -0.2) is 8.42 Å². The summed E-state index contributed by atoms with van der Waals surface area (Å²) in [7, 11) is -3.65. The number of sulfonamides is 1. The van der Waals surface area contributed by atoms with Crippen molar-refractivity contribution in [1.82, 2.24) is 10.0 Å². The summed E-state index contributed by atoms with van der Waals surface area (Å²) in [5.74, 6) is 0.386. The van der Waals surface area contributed by atoms with Crippen LogP contribution < -0.4 is 10.0 Å². The fraction of sp³-hybridized carbons (Fsp3) is 0.280. The summed E-state index contributed by atoms with van der Waals surface area (Å²) in [6.07, 6.45) is 1.06. The van der Waals surface area contributed by atoms with Gasteiger partial charge in [0.05, 0.1) is 10.9 Å². The number of nitrogens with zero attached hydrogens (tertiary/aromatic N) is 1. The molecule has 2 N–H and O–H groups in total. The van der Waals surface area contributed by atoms with Crippen LogP contribution in [0, 0.1) is 0 Å². The Bertz CT molecular complexity index is 1270. The number of carbonyl (C=O) groups excluding carboxylic acids is 1. The summed E-state index contributed by atoms with van der Waals surface area (Å²) < 4.78 is 27.1. The van der Waals surface area contributed by atoms with Gasteiger partial charge in [-0.3, -0.25) is 14.5 Å². The third-order valence-electron chi connectivity index (χ3n) is 5.93. The third-order valence-corrected chi connectivity index (χ3v) is 8.26. The first kappa shape index (κ1) is 23.2. The predicted octanol–water partition coefficient (Wildman–Crippen LogP) is 4.59. The molecular formula is C25H27N3O3S2. The van der Waals surface area contributed by atoms with Crippen molar-refractivity contribution < 1.29 is 13.2 Å². The van der Waals surface area contributed by atoms with E-state index in [-0.39, 0.29) is 22.7 Å². The molecule has 2 unspecified atom stereocenters. The highest BCUT2D eigenvalue weighted by Crippen LogP contribution is 2.28. The van der Waals surface area contributed by atoms with Gasteiger partial charge in [-0.05, 0) is 54.0 Å². The maximum atomic E-state index is 13.1. The smallest absolute Gasteiger partial charge is 0.263 e. The highest BCUT2D eigenvalue weighted by molar-refractivity contribution is 7.90. The molecule has 1 amide bonds. The zero-order valence-corrected chi connectivity index (χ0v) is 20.4. The number of amidine groups is 1. The molecule has 172 valence electrons. The summed E-state index contributed by atoms with van der Waals surface area (Å²) in [6.45, 7) is 6.03. The van der Waals surface area contributed by atoms with Gasteiger partial charge in [-0.15, -0.1) is 11.3 Å². The van der Waals surface area contributed by atoms with Gasteiger partial charge in [-0.1, -0.05) is 56.3 Å². The van der Waals surface area contributed by atoms with Crippen LogP contribution in [0.4, 0.5) is 0 Å². The van der Waals surface area contributed by atoms with E-state index in [0.717, 1.165) is 16.9 Å². The minimum absolute atomic E-state index is 0.175. The lowest BCUT2D eigenvalue weighted by molar-refractivity contribution is -0.122. The molecule has 0 fully saturated rings. The Morgan fingerprint density at radius 2 is 1.73 bits per heavy atom. The van der Waals surface area contributed by atoms with Crippen molar-refractivity contribution in [3.8, 4) is 0 Å². The first-order valence-electron chi connectivity index (χ1n) is 10.9. The largest absolute Gasteiger partial charge is 0.343 e. The van der Waals surface area contributed by atoms with Gasteiger partial charge in [0.2, 0.25) is 5.91 Å². The minimum atomic E-state index is -3.65. The molecule has 0 bridgehead atoms. The lowest BCUT2D eigenvalue weighted by Gasteiger charge is -2.20. The second-order valence-electron chi connectivity index (χ2n) is 8.19. The first-order valence-corrected chi connectivity index (χ1v) is 13.3. The number of hydrogen-bond donors (Lipinski definition) is 2. The van der Waals surface area contributed by atoms with Crippen molar-refractivity contribution in [2.45, 2.75) is 50.1 Å². The summed E-state index contributed by atoms with van der Waals surface area (Å²) in [5, 5.41) is 5.09. The Balaban J connectivity index is 1.57. The van der Waals surface area contributed by atoms with E-state index in [9.17, 15) is 13.2 Å². The molecule has 1 aromatic heterocycles. The van der Waals surface area contributed by atoms with E-state index in [1.165, 1.54) is 11.6 Å². The van der Waals surface area contributed by atoms with Crippen molar-refractivity contribution in [2.24, 2.45) is 4.99 Å². The van der Waals surface area contributed by atoms with Crippen molar-refractivity contribution in [3.05, 3.63) is 87.6 Å². The minimum Gasteiger partial charge on any atom is -0.343 e. The fourth-order valence-corrected chi connectivity index (χ4v) is 5.81. The molecule has 0 saturated heterocycles. The number of fused-ring (bicyclic) bond motifs is 1. The van der Waals surface area contributed by atoms with Gasteiger partial charge in [0.1, 0.15) is 11.9 Å². The third kappa shape index (κ3) is 4.86. The van der Waals surface area contributed by atoms with E-state index in [0.29, 0.717) is 11.5 Å². The standard InChI is InChI=1S/C25H27N3O3S2/c1-4-16(2)18-11-13-19(14-12-18)23(21-9-7-15-32-21)27-25(29)17(3)26-24-20-8-5-6-10-22(20)33(30,31)28-24/h5-17,23H,4H2,1-3H3,(H,26,28)(H,27,29)/t16?,17-,23?/m0/s1. The molecule has 3 aromatic rings. The molecular weight excluding hydrogens is 454 g/mol.